The molecular formula is C13H25NO2. The first-order chi connectivity index (χ1) is 7.10. The number of ketones is 1. The summed E-state index contributed by atoms with van der Waals surface area (Å²) >= 11 is 0. The predicted octanol–water partition coefficient (Wildman–Crippen LogP) is 2.10. The van der Waals surface area contributed by atoms with Gasteiger partial charge in [-0.3, -0.25) is 9.69 Å². The van der Waals surface area contributed by atoms with Crippen molar-refractivity contribution in [2.24, 2.45) is 5.41 Å². The summed E-state index contributed by atoms with van der Waals surface area (Å²) < 4.78 is 5.82. The highest BCUT2D eigenvalue weighted by atomic mass is 16.5. The zero-order valence-electron chi connectivity index (χ0n) is 11.5. The number of hydrogen-bond donors (Lipinski definition) is 0. The first kappa shape index (κ1) is 13.7. The van der Waals surface area contributed by atoms with E-state index in [1.54, 1.807) is 0 Å². The SMILES string of the molecule is CC1CN(CC(=O)C(C)(C)C)CC(C)(C)O1. The van der Waals surface area contributed by atoms with E-state index in [1.807, 2.05) is 20.8 Å². The molecule has 1 saturated heterocycles. The van der Waals surface area contributed by atoms with Crippen molar-refractivity contribution in [1.29, 1.82) is 0 Å². The monoisotopic (exact) mass is 227 g/mol. The lowest BCUT2D eigenvalue weighted by atomic mass is 9.90. The standard InChI is InChI=1S/C13H25NO2/c1-10-7-14(9-13(5,6)16-10)8-11(15)12(2,3)4/h10H,7-9H2,1-6H3. The summed E-state index contributed by atoms with van der Waals surface area (Å²) in [6.07, 6.45) is 0.205. The smallest absolute Gasteiger partial charge is 0.152 e. The van der Waals surface area contributed by atoms with Crippen LogP contribution in [0.2, 0.25) is 0 Å². The van der Waals surface area contributed by atoms with Crippen LogP contribution in [0, 0.1) is 5.41 Å². The average Bonchev–Trinajstić information content (AvgIpc) is 1.97. The Morgan fingerprint density at radius 1 is 1.44 bits per heavy atom. The van der Waals surface area contributed by atoms with Crippen molar-refractivity contribution in [1.82, 2.24) is 4.90 Å². The molecule has 3 nitrogen and oxygen atoms in total. The molecule has 1 atom stereocenters. The lowest BCUT2D eigenvalue weighted by molar-refractivity contribution is -0.142. The van der Waals surface area contributed by atoms with Crippen molar-refractivity contribution in [3.63, 3.8) is 0 Å². The molecule has 0 spiro atoms. The number of hydrogen-bond acceptors (Lipinski definition) is 3. The van der Waals surface area contributed by atoms with E-state index in [9.17, 15) is 4.79 Å². The maximum absolute atomic E-state index is 12.0. The molecule has 16 heavy (non-hydrogen) atoms. The van der Waals surface area contributed by atoms with Crippen LogP contribution in [0.5, 0.6) is 0 Å². The van der Waals surface area contributed by atoms with Gasteiger partial charge in [-0.25, -0.2) is 0 Å². The zero-order valence-corrected chi connectivity index (χ0v) is 11.5. The first-order valence-corrected chi connectivity index (χ1v) is 6.04. The molecule has 94 valence electrons. The number of carbonyl (C=O) groups is 1. The summed E-state index contributed by atoms with van der Waals surface area (Å²) in [5.41, 5.74) is -0.387. The quantitative estimate of drug-likeness (QED) is 0.723. The Labute approximate surface area is 99.1 Å². The number of carbonyl (C=O) groups excluding carboxylic acids is 1. The van der Waals surface area contributed by atoms with Crippen LogP contribution in [-0.4, -0.2) is 42.0 Å². The third-order valence-corrected chi connectivity index (χ3v) is 2.84. The van der Waals surface area contributed by atoms with Crippen molar-refractivity contribution < 1.29 is 9.53 Å². The van der Waals surface area contributed by atoms with E-state index in [1.165, 1.54) is 0 Å². The molecule has 0 amide bonds. The summed E-state index contributed by atoms with van der Waals surface area (Å²) in [4.78, 5) is 14.2. The van der Waals surface area contributed by atoms with Crippen molar-refractivity contribution in [3.05, 3.63) is 0 Å². The van der Waals surface area contributed by atoms with Gasteiger partial charge in [-0.05, 0) is 20.8 Å². The van der Waals surface area contributed by atoms with Gasteiger partial charge in [0.2, 0.25) is 0 Å². The molecule has 1 fully saturated rings. The molecule has 1 aliphatic heterocycles. The molecule has 0 aromatic heterocycles. The van der Waals surface area contributed by atoms with E-state index in [0.29, 0.717) is 12.3 Å². The van der Waals surface area contributed by atoms with Gasteiger partial charge in [-0.1, -0.05) is 20.8 Å². The topological polar surface area (TPSA) is 29.5 Å². The van der Waals surface area contributed by atoms with Crippen LogP contribution >= 0.6 is 0 Å². The average molecular weight is 227 g/mol. The number of Topliss-reactive ketones (excluding diaryl/α,β-unsaturated/α-hetero) is 1. The van der Waals surface area contributed by atoms with Crippen LogP contribution in [0.3, 0.4) is 0 Å². The maximum Gasteiger partial charge on any atom is 0.152 e. The van der Waals surface area contributed by atoms with Crippen LogP contribution in [0.15, 0.2) is 0 Å². The molecular weight excluding hydrogens is 202 g/mol. The molecule has 1 rings (SSSR count). The molecule has 1 unspecified atom stereocenters. The fraction of sp³-hybridized carbons (Fsp3) is 0.923. The van der Waals surface area contributed by atoms with Gasteiger partial charge in [-0.15, -0.1) is 0 Å². The molecule has 1 aliphatic rings. The number of rotatable bonds is 2. The summed E-state index contributed by atoms with van der Waals surface area (Å²) in [5, 5.41) is 0. The highest BCUT2D eigenvalue weighted by Gasteiger charge is 2.33. The van der Waals surface area contributed by atoms with Gasteiger partial charge >= 0.3 is 0 Å². The minimum Gasteiger partial charge on any atom is -0.370 e. The largest absolute Gasteiger partial charge is 0.370 e. The molecule has 3 heteroatoms. The fourth-order valence-corrected chi connectivity index (χ4v) is 2.15. The lowest BCUT2D eigenvalue weighted by Crippen LogP contribution is -2.53. The number of nitrogens with zero attached hydrogens (tertiary/aromatic N) is 1. The van der Waals surface area contributed by atoms with E-state index >= 15 is 0 Å². The highest BCUT2D eigenvalue weighted by Crippen LogP contribution is 2.22. The lowest BCUT2D eigenvalue weighted by Gasteiger charge is -2.42. The van der Waals surface area contributed by atoms with E-state index < -0.39 is 0 Å². The molecule has 0 bridgehead atoms. The third-order valence-electron chi connectivity index (χ3n) is 2.84. The van der Waals surface area contributed by atoms with Gasteiger partial charge < -0.3 is 4.74 Å². The molecule has 0 aliphatic carbocycles. The second kappa shape index (κ2) is 4.46. The summed E-state index contributed by atoms with van der Waals surface area (Å²) in [5.74, 6) is 0.303. The van der Waals surface area contributed by atoms with Crippen LogP contribution in [-0.2, 0) is 9.53 Å². The number of ether oxygens (including phenoxy) is 1. The van der Waals surface area contributed by atoms with Gasteiger partial charge in [0.05, 0.1) is 18.2 Å². The molecule has 1 heterocycles. The number of morpholine rings is 1. The van der Waals surface area contributed by atoms with Gasteiger partial charge in [0.15, 0.2) is 5.78 Å². The van der Waals surface area contributed by atoms with Crippen molar-refractivity contribution in [2.75, 3.05) is 19.6 Å². The Kier molecular flexibility index (Phi) is 3.80. The van der Waals surface area contributed by atoms with Gasteiger partial charge in [0.1, 0.15) is 0 Å². The molecule has 0 aromatic rings. The predicted molar refractivity (Wildman–Crippen MR) is 65.5 cm³/mol. The third kappa shape index (κ3) is 3.87. The Morgan fingerprint density at radius 2 is 2.00 bits per heavy atom. The highest BCUT2D eigenvalue weighted by molar-refractivity contribution is 5.85. The molecule has 0 radical (unpaired) electrons. The van der Waals surface area contributed by atoms with Crippen LogP contribution in [0.1, 0.15) is 41.5 Å². The summed E-state index contributed by atoms with van der Waals surface area (Å²) in [6.45, 7) is 14.4. The van der Waals surface area contributed by atoms with Gasteiger partial charge in [0.25, 0.3) is 0 Å². The first-order valence-electron chi connectivity index (χ1n) is 6.04. The van der Waals surface area contributed by atoms with E-state index in [0.717, 1.165) is 13.1 Å². The normalized spacial score (nSPS) is 26.8. The van der Waals surface area contributed by atoms with Crippen molar-refractivity contribution >= 4 is 5.78 Å². The van der Waals surface area contributed by atoms with Crippen LogP contribution in [0.25, 0.3) is 0 Å². The van der Waals surface area contributed by atoms with E-state index in [-0.39, 0.29) is 17.1 Å². The van der Waals surface area contributed by atoms with Crippen LogP contribution < -0.4 is 0 Å². The Hall–Kier alpha value is -0.410. The second-order valence-electron chi connectivity index (χ2n) is 6.53. The van der Waals surface area contributed by atoms with Gasteiger partial charge in [0, 0.05) is 18.5 Å². The Morgan fingerprint density at radius 3 is 2.44 bits per heavy atom. The van der Waals surface area contributed by atoms with Crippen molar-refractivity contribution in [2.45, 2.75) is 53.2 Å². The molecule has 0 saturated carbocycles. The van der Waals surface area contributed by atoms with Crippen molar-refractivity contribution in [3.8, 4) is 0 Å². The minimum atomic E-state index is -0.244. The Balaban J connectivity index is 2.58. The minimum absolute atomic E-state index is 0.143. The fourth-order valence-electron chi connectivity index (χ4n) is 2.15. The van der Waals surface area contributed by atoms with Crippen LogP contribution in [0.4, 0.5) is 0 Å². The summed E-state index contributed by atoms with van der Waals surface area (Å²) in [7, 11) is 0. The van der Waals surface area contributed by atoms with Gasteiger partial charge in [-0.2, -0.15) is 0 Å². The Bertz CT molecular complexity index is 266. The summed E-state index contributed by atoms with van der Waals surface area (Å²) in [6, 6.07) is 0. The maximum atomic E-state index is 12.0. The zero-order chi connectivity index (χ0) is 12.6. The molecule has 0 aromatic carbocycles. The van der Waals surface area contributed by atoms with E-state index in [4.69, 9.17) is 4.74 Å². The second-order valence-corrected chi connectivity index (χ2v) is 6.53. The van der Waals surface area contributed by atoms with E-state index in [2.05, 4.69) is 25.7 Å². The molecule has 0 N–H and O–H groups in total.